The summed E-state index contributed by atoms with van der Waals surface area (Å²) >= 11 is 3.28. The number of halogens is 1. The van der Waals surface area contributed by atoms with E-state index in [2.05, 4.69) is 20.7 Å². The molecule has 0 aliphatic heterocycles. The van der Waals surface area contributed by atoms with Gasteiger partial charge in [0.1, 0.15) is 5.75 Å². The van der Waals surface area contributed by atoms with Gasteiger partial charge >= 0.3 is 5.97 Å². The van der Waals surface area contributed by atoms with Crippen LogP contribution in [0.4, 0.5) is 0 Å². The van der Waals surface area contributed by atoms with Crippen molar-refractivity contribution in [2.24, 2.45) is 0 Å². The molecule has 0 fully saturated rings. The van der Waals surface area contributed by atoms with Gasteiger partial charge in [-0.3, -0.25) is 4.79 Å². The van der Waals surface area contributed by atoms with Crippen LogP contribution in [-0.4, -0.2) is 26.0 Å². The van der Waals surface area contributed by atoms with Gasteiger partial charge in [0.25, 0.3) is 0 Å². The number of ether oxygens (including phenoxy) is 2. The van der Waals surface area contributed by atoms with Gasteiger partial charge in [0.05, 0.1) is 19.8 Å². The van der Waals surface area contributed by atoms with Crippen molar-refractivity contribution in [1.29, 1.82) is 0 Å². The maximum atomic E-state index is 12.4. The molecule has 0 amide bonds. The van der Waals surface area contributed by atoms with Gasteiger partial charge in [0.15, 0.2) is 5.78 Å². The van der Waals surface area contributed by atoms with Crippen LogP contribution in [0.2, 0.25) is 0 Å². The van der Waals surface area contributed by atoms with Gasteiger partial charge in [0, 0.05) is 15.6 Å². The molecular formula is C16H13BrO4. The smallest absolute Gasteiger partial charge is 0.339 e. The summed E-state index contributed by atoms with van der Waals surface area (Å²) in [7, 11) is 2.88. The molecule has 0 N–H and O–H groups in total. The van der Waals surface area contributed by atoms with Crippen LogP contribution < -0.4 is 4.74 Å². The van der Waals surface area contributed by atoms with Gasteiger partial charge in [0.2, 0.25) is 0 Å². The number of hydrogen-bond donors (Lipinski definition) is 0. The first-order chi connectivity index (χ1) is 10.1. The van der Waals surface area contributed by atoms with Crippen LogP contribution in [-0.2, 0) is 4.74 Å². The lowest BCUT2D eigenvalue weighted by Crippen LogP contribution is -2.05. The Balaban J connectivity index is 2.30. The first kappa shape index (κ1) is 15.3. The highest BCUT2D eigenvalue weighted by molar-refractivity contribution is 9.10. The van der Waals surface area contributed by atoms with Gasteiger partial charge in [-0.1, -0.05) is 6.07 Å². The molecule has 0 radical (unpaired) electrons. The van der Waals surface area contributed by atoms with E-state index in [1.54, 1.807) is 49.6 Å². The standard InChI is InChI=1S/C16H13BrO4/c1-20-12-6-3-10(4-7-12)15(18)11-5-8-13(14(17)9-11)16(19)21-2/h3-9H,1-2H3. The zero-order chi connectivity index (χ0) is 15.4. The first-order valence-electron chi connectivity index (χ1n) is 6.13. The Morgan fingerprint density at radius 3 is 2.10 bits per heavy atom. The molecule has 0 aliphatic rings. The number of methoxy groups -OCH3 is 2. The molecule has 4 nitrogen and oxygen atoms in total. The molecule has 0 aliphatic carbocycles. The molecule has 0 spiro atoms. The molecule has 0 bridgehead atoms. The van der Waals surface area contributed by atoms with Crippen LogP contribution in [0.15, 0.2) is 46.9 Å². The molecular weight excluding hydrogens is 336 g/mol. The minimum Gasteiger partial charge on any atom is -0.497 e. The van der Waals surface area contributed by atoms with Crippen molar-refractivity contribution >= 4 is 27.7 Å². The van der Waals surface area contributed by atoms with Gasteiger partial charge in [-0.2, -0.15) is 0 Å². The second-order valence-corrected chi connectivity index (χ2v) is 5.10. The number of carbonyl (C=O) groups is 2. The largest absolute Gasteiger partial charge is 0.497 e. The molecule has 0 aromatic heterocycles. The van der Waals surface area contributed by atoms with Gasteiger partial charge in [-0.15, -0.1) is 0 Å². The van der Waals surface area contributed by atoms with Crippen LogP contribution in [0.3, 0.4) is 0 Å². The quantitative estimate of drug-likeness (QED) is 0.627. The number of ketones is 1. The van der Waals surface area contributed by atoms with E-state index >= 15 is 0 Å². The van der Waals surface area contributed by atoms with Crippen LogP contribution in [0.1, 0.15) is 26.3 Å². The average Bonchev–Trinajstić information content (AvgIpc) is 2.53. The van der Waals surface area contributed by atoms with Gasteiger partial charge in [-0.25, -0.2) is 4.79 Å². The molecule has 108 valence electrons. The van der Waals surface area contributed by atoms with Crippen LogP contribution in [0.25, 0.3) is 0 Å². The minimum atomic E-state index is -0.453. The highest BCUT2D eigenvalue weighted by Gasteiger charge is 2.14. The first-order valence-corrected chi connectivity index (χ1v) is 6.92. The van der Waals surface area contributed by atoms with E-state index in [0.717, 1.165) is 0 Å². The third-order valence-corrected chi connectivity index (χ3v) is 3.64. The van der Waals surface area contributed by atoms with Gasteiger partial charge in [-0.05, 0) is 52.3 Å². The lowest BCUT2D eigenvalue weighted by molar-refractivity contribution is 0.0599. The molecule has 2 aromatic carbocycles. The lowest BCUT2D eigenvalue weighted by atomic mass is 10.0. The zero-order valence-electron chi connectivity index (χ0n) is 11.6. The Kier molecular flexibility index (Phi) is 4.75. The van der Waals surface area contributed by atoms with Crippen molar-refractivity contribution in [3.63, 3.8) is 0 Å². The lowest BCUT2D eigenvalue weighted by Gasteiger charge is -2.06. The predicted octanol–water partition coefficient (Wildman–Crippen LogP) is 3.48. The summed E-state index contributed by atoms with van der Waals surface area (Å²) in [6.45, 7) is 0. The maximum absolute atomic E-state index is 12.4. The summed E-state index contributed by atoms with van der Waals surface area (Å²) in [5.41, 5.74) is 1.41. The Bertz CT molecular complexity index is 677. The summed E-state index contributed by atoms with van der Waals surface area (Å²) in [6, 6.07) is 11.6. The monoisotopic (exact) mass is 348 g/mol. The summed E-state index contributed by atoms with van der Waals surface area (Å²) in [4.78, 5) is 23.9. The summed E-state index contributed by atoms with van der Waals surface area (Å²) in [5, 5.41) is 0. The van der Waals surface area contributed by atoms with E-state index in [0.29, 0.717) is 26.9 Å². The third kappa shape index (κ3) is 3.31. The Labute approximate surface area is 130 Å². The molecule has 0 atom stereocenters. The SMILES string of the molecule is COC(=O)c1ccc(C(=O)c2ccc(OC)cc2)cc1Br. The van der Waals surface area contributed by atoms with Crippen LogP contribution in [0, 0.1) is 0 Å². The Hall–Kier alpha value is -2.14. The predicted molar refractivity (Wildman–Crippen MR) is 81.9 cm³/mol. The van der Waals surface area contributed by atoms with Crippen molar-refractivity contribution in [3.8, 4) is 5.75 Å². The van der Waals surface area contributed by atoms with Crippen molar-refractivity contribution in [2.45, 2.75) is 0 Å². The number of esters is 1. The molecule has 0 unspecified atom stereocenters. The number of carbonyl (C=O) groups excluding carboxylic acids is 2. The van der Waals surface area contributed by atoms with E-state index in [4.69, 9.17) is 4.74 Å². The fourth-order valence-electron chi connectivity index (χ4n) is 1.84. The Morgan fingerprint density at radius 1 is 0.952 bits per heavy atom. The van der Waals surface area contributed by atoms with E-state index in [1.807, 2.05) is 0 Å². The number of hydrogen-bond acceptors (Lipinski definition) is 4. The van der Waals surface area contributed by atoms with Crippen molar-refractivity contribution in [3.05, 3.63) is 63.6 Å². The molecule has 5 heteroatoms. The van der Waals surface area contributed by atoms with Gasteiger partial charge < -0.3 is 9.47 Å². The van der Waals surface area contributed by atoms with E-state index in [-0.39, 0.29) is 5.78 Å². The molecule has 2 aromatic rings. The summed E-state index contributed by atoms with van der Waals surface area (Å²) in [6.07, 6.45) is 0. The molecule has 0 heterocycles. The third-order valence-electron chi connectivity index (χ3n) is 2.99. The highest BCUT2D eigenvalue weighted by Crippen LogP contribution is 2.22. The maximum Gasteiger partial charge on any atom is 0.339 e. The van der Waals surface area contributed by atoms with E-state index in [1.165, 1.54) is 7.11 Å². The highest BCUT2D eigenvalue weighted by atomic mass is 79.9. The second-order valence-electron chi connectivity index (χ2n) is 4.24. The van der Waals surface area contributed by atoms with Crippen molar-refractivity contribution < 1.29 is 19.1 Å². The summed E-state index contributed by atoms with van der Waals surface area (Å²) in [5.74, 6) is 0.105. The number of rotatable bonds is 4. The molecule has 21 heavy (non-hydrogen) atoms. The average molecular weight is 349 g/mol. The molecule has 2 rings (SSSR count). The zero-order valence-corrected chi connectivity index (χ0v) is 13.1. The second kappa shape index (κ2) is 6.54. The molecule has 0 saturated carbocycles. The fourth-order valence-corrected chi connectivity index (χ4v) is 2.38. The normalized spacial score (nSPS) is 10.0. The van der Waals surface area contributed by atoms with E-state index < -0.39 is 5.97 Å². The van der Waals surface area contributed by atoms with Crippen molar-refractivity contribution in [2.75, 3.05) is 14.2 Å². The molecule has 0 saturated heterocycles. The number of benzene rings is 2. The van der Waals surface area contributed by atoms with Crippen LogP contribution >= 0.6 is 15.9 Å². The van der Waals surface area contributed by atoms with Crippen molar-refractivity contribution in [1.82, 2.24) is 0 Å². The van der Waals surface area contributed by atoms with Crippen LogP contribution in [0.5, 0.6) is 5.75 Å². The van der Waals surface area contributed by atoms with E-state index in [9.17, 15) is 9.59 Å². The Morgan fingerprint density at radius 2 is 1.57 bits per heavy atom. The fraction of sp³-hybridized carbons (Fsp3) is 0.125. The topological polar surface area (TPSA) is 52.6 Å². The minimum absolute atomic E-state index is 0.130. The summed E-state index contributed by atoms with van der Waals surface area (Å²) < 4.78 is 10.2.